The lowest BCUT2D eigenvalue weighted by atomic mass is 10.3. The van der Waals surface area contributed by atoms with Crippen molar-refractivity contribution in [2.45, 2.75) is 33.0 Å². The predicted molar refractivity (Wildman–Crippen MR) is 48.9 cm³/mol. The molecule has 0 aromatic heterocycles. The van der Waals surface area contributed by atoms with Crippen molar-refractivity contribution in [2.24, 2.45) is 5.92 Å². The van der Waals surface area contributed by atoms with Crippen LogP contribution in [0.1, 0.15) is 26.7 Å². The fourth-order valence-corrected chi connectivity index (χ4v) is 1.30. The Bertz CT molecular complexity index is 148. The number of allylic oxidation sites excluding steroid dienone is 1. The zero-order valence-electron chi connectivity index (χ0n) is 8.01. The quantitative estimate of drug-likeness (QED) is 0.450. The van der Waals surface area contributed by atoms with Crippen LogP contribution < -0.4 is 0 Å². The van der Waals surface area contributed by atoms with E-state index in [0.717, 1.165) is 26.1 Å². The van der Waals surface area contributed by atoms with Crippen molar-refractivity contribution in [3.8, 4) is 0 Å². The SMILES string of the molecule is C=C1CC1CC(OCC)OCC. The lowest BCUT2D eigenvalue weighted by molar-refractivity contribution is -0.141. The van der Waals surface area contributed by atoms with Gasteiger partial charge >= 0.3 is 0 Å². The van der Waals surface area contributed by atoms with E-state index in [-0.39, 0.29) is 6.29 Å². The molecule has 0 spiro atoms. The minimum absolute atomic E-state index is 0.00995. The van der Waals surface area contributed by atoms with E-state index < -0.39 is 0 Å². The third kappa shape index (κ3) is 2.95. The van der Waals surface area contributed by atoms with Gasteiger partial charge in [-0.25, -0.2) is 0 Å². The highest BCUT2D eigenvalue weighted by molar-refractivity contribution is 5.18. The fraction of sp³-hybridized carbons (Fsp3) is 0.800. The molecule has 0 amide bonds. The molecule has 0 radical (unpaired) electrons. The van der Waals surface area contributed by atoms with Gasteiger partial charge in [0.05, 0.1) is 0 Å². The molecule has 0 saturated heterocycles. The van der Waals surface area contributed by atoms with E-state index in [2.05, 4.69) is 6.58 Å². The van der Waals surface area contributed by atoms with E-state index in [0.29, 0.717) is 5.92 Å². The first kappa shape index (κ1) is 9.75. The van der Waals surface area contributed by atoms with Crippen molar-refractivity contribution in [2.75, 3.05) is 13.2 Å². The molecule has 1 aliphatic rings. The monoisotopic (exact) mass is 170 g/mol. The van der Waals surface area contributed by atoms with Crippen LogP contribution in [-0.4, -0.2) is 19.5 Å². The average molecular weight is 170 g/mol. The Kier molecular flexibility index (Phi) is 3.76. The van der Waals surface area contributed by atoms with Gasteiger partial charge in [0.15, 0.2) is 6.29 Å². The molecule has 2 heteroatoms. The second kappa shape index (κ2) is 4.63. The smallest absolute Gasteiger partial charge is 0.158 e. The molecule has 2 nitrogen and oxygen atoms in total. The molecule has 0 heterocycles. The zero-order chi connectivity index (χ0) is 8.97. The molecule has 1 fully saturated rings. The Morgan fingerprint density at radius 1 is 1.42 bits per heavy atom. The molecule has 1 aliphatic carbocycles. The number of rotatable bonds is 6. The second-order valence-corrected chi connectivity index (χ2v) is 3.14. The fourth-order valence-electron chi connectivity index (χ4n) is 1.30. The van der Waals surface area contributed by atoms with Gasteiger partial charge in [-0.2, -0.15) is 0 Å². The van der Waals surface area contributed by atoms with Gasteiger partial charge in [0.2, 0.25) is 0 Å². The summed E-state index contributed by atoms with van der Waals surface area (Å²) in [5, 5.41) is 0. The summed E-state index contributed by atoms with van der Waals surface area (Å²) in [4.78, 5) is 0. The highest BCUT2D eigenvalue weighted by Gasteiger charge is 2.30. The highest BCUT2D eigenvalue weighted by Crippen LogP contribution is 2.40. The maximum absolute atomic E-state index is 5.42. The Morgan fingerprint density at radius 2 is 1.92 bits per heavy atom. The summed E-state index contributed by atoms with van der Waals surface area (Å²) in [7, 11) is 0. The van der Waals surface area contributed by atoms with Gasteiger partial charge in [-0.15, -0.1) is 0 Å². The van der Waals surface area contributed by atoms with Crippen molar-refractivity contribution < 1.29 is 9.47 Å². The van der Waals surface area contributed by atoms with E-state index in [1.54, 1.807) is 0 Å². The molecule has 0 aromatic carbocycles. The summed E-state index contributed by atoms with van der Waals surface area (Å²) in [5.74, 6) is 0.660. The summed E-state index contributed by atoms with van der Waals surface area (Å²) in [6.07, 6.45) is 2.14. The third-order valence-electron chi connectivity index (χ3n) is 2.11. The standard InChI is InChI=1S/C10H18O2/c1-4-11-10(12-5-2)7-9-6-8(9)3/h9-10H,3-7H2,1-2H3. The van der Waals surface area contributed by atoms with Crippen LogP contribution in [0.4, 0.5) is 0 Å². The van der Waals surface area contributed by atoms with Crippen LogP contribution in [0.2, 0.25) is 0 Å². The van der Waals surface area contributed by atoms with Crippen LogP contribution in [0.5, 0.6) is 0 Å². The van der Waals surface area contributed by atoms with E-state index >= 15 is 0 Å². The van der Waals surface area contributed by atoms with Crippen LogP contribution in [0.15, 0.2) is 12.2 Å². The topological polar surface area (TPSA) is 18.5 Å². The molecular weight excluding hydrogens is 152 g/mol. The molecule has 1 rings (SSSR count). The molecule has 0 aromatic rings. The molecule has 0 N–H and O–H groups in total. The molecule has 1 atom stereocenters. The van der Waals surface area contributed by atoms with E-state index in [4.69, 9.17) is 9.47 Å². The second-order valence-electron chi connectivity index (χ2n) is 3.14. The van der Waals surface area contributed by atoms with Crippen LogP contribution in [0.25, 0.3) is 0 Å². The van der Waals surface area contributed by atoms with Gasteiger partial charge in [0.1, 0.15) is 0 Å². The summed E-state index contributed by atoms with van der Waals surface area (Å²) < 4.78 is 10.8. The Morgan fingerprint density at radius 3 is 2.25 bits per heavy atom. The first-order valence-electron chi connectivity index (χ1n) is 4.68. The lowest BCUT2D eigenvalue weighted by Gasteiger charge is -2.15. The van der Waals surface area contributed by atoms with Crippen molar-refractivity contribution >= 4 is 0 Å². The Balaban J connectivity index is 2.17. The van der Waals surface area contributed by atoms with Gasteiger partial charge in [-0.05, 0) is 26.2 Å². The molecule has 70 valence electrons. The van der Waals surface area contributed by atoms with Crippen LogP contribution in [0, 0.1) is 5.92 Å². The summed E-state index contributed by atoms with van der Waals surface area (Å²) in [5.41, 5.74) is 1.35. The maximum atomic E-state index is 5.42. The van der Waals surface area contributed by atoms with Crippen molar-refractivity contribution in [3.05, 3.63) is 12.2 Å². The van der Waals surface area contributed by atoms with Crippen molar-refractivity contribution in [1.29, 1.82) is 0 Å². The molecule has 1 saturated carbocycles. The number of hydrogen-bond donors (Lipinski definition) is 0. The third-order valence-corrected chi connectivity index (χ3v) is 2.11. The first-order chi connectivity index (χ1) is 5.77. The highest BCUT2D eigenvalue weighted by atomic mass is 16.7. The molecule has 12 heavy (non-hydrogen) atoms. The average Bonchev–Trinajstić information content (AvgIpc) is 2.67. The number of hydrogen-bond acceptors (Lipinski definition) is 2. The molecule has 0 bridgehead atoms. The molecular formula is C10H18O2. The molecule has 0 aliphatic heterocycles. The van der Waals surface area contributed by atoms with Gasteiger partial charge < -0.3 is 9.47 Å². The zero-order valence-corrected chi connectivity index (χ0v) is 8.01. The van der Waals surface area contributed by atoms with Gasteiger partial charge in [-0.1, -0.05) is 12.2 Å². The van der Waals surface area contributed by atoms with Crippen LogP contribution >= 0.6 is 0 Å². The summed E-state index contributed by atoms with van der Waals surface area (Å²) >= 11 is 0. The largest absolute Gasteiger partial charge is 0.353 e. The van der Waals surface area contributed by atoms with Gasteiger partial charge in [-0.3, -0.25) is 0 Å². The minimum Gasteiger partial charge on any atom is -0.353 e. The maximum Gasteiger partial charge on any atom is 0.158 e. The van der Waals surface area contributed by atoms with Crippen LogP contribution in [0.3, 0.4) is 0 Å². The van der Waals surface area contributed by atoms with Crippen LogP contribution in [-0.2, 0) is 9.47 Å². The molecule has 1 unspecified atom stereocenters. The summed E-state index contributed by atoms with van der Waals surface area (Å²) in [6, 6.07) is 0. The Labute approximate surface area is 74.6 Å². The van der Waals surface area contributed by atoms with E-state index in [1.807, 2.05) is 13.8 Å². The van der Waals surface area contributed by atoms with Crippen molar-refractivity contribution in [3.63, 3.8) is 0 Å². The van der Waals surface area contributed by atoms with Gasteiger partial charge in [0.25, 0.3) is 0 Å². The lowest BCUT2D eigenvalue weighted by Crippen LogP contribution is -2.17. The first-order valence-corrected chi connectivity index (χ1v) is 4.68. The van der Waals surface area contributed by atoms with Crippen molar-refractivity contribution in [1.82, 2.24) is 0 Å². The Hall–Kier alpha value is -0.340. The summed E-state index contributed by atoms with van der Waals surface area (Å²) in [6.45, 7) is 9.35. The van der Waals surface area contributed by atoms with E-state index in [9.17, 15) is 0 Å². The number of ether oxygens (including phenoxy) is 2. The van der Waals surface area contributed by atoms with E-state index in [1.165, 1.54) is 5.57 Å². The minimum atomic E-state index is -0.00995. The predicted octanol–water partition coefficient (Wildman–Crippen LogP) is 2.35. The van der Waals surface area contributed by atoms with Gasteiger partial charge in [0, 0.05) is 19.6 Å². The normalized spacial score (nSPS) is 21.9.